The van der Waals surface area contributed by atoms with Crippen LogP contribution in [0.2, 0.25) is 0 Å². The molecule has 0 aliphatic carbocycles. The van der Waals surface area contributed by atoms with E-state index in [4.69, 9.17) is 5.73 Å². The number of hydrogen-bond acceptors (Lipinski definition) is 7. The largest absolute Gasteiger partial charge is 0.384 e. The van der Waals surface area contributed by atoms with Crippen LogP contribution in [-0.4, -0.2) is 71.7 Å². The molecule has 1 aromatic rings. The van der Waals surface area contributed by atoms with E-state index >= 15 is 0 Å². The summed E-state index contributed by atoms with van der Waals surface area (Å²) < 4.78 is 0. The Kier molecular flexibility index (Phi) is 6.33. The summed E-state index contributed by atoms with van der Waals surface area (Å²) in [5, 5.41) is 5.51. The van der Waals surface area contributed by atoms with Gasteiger partial charge in [0.1, 0.15) is 6.04 Å². The van der Waals surface area contributed by atoms with Crippen LogP contribution in [0.3, 0.4) is 0 Å². The number of nitrogens with zero attached hydrogens (tertiary/aromatic N) is 2. The Morgan fingerprint density at radius 2 is 1.81 bits per heavy atom. The van der Waals surface area contributed by atoms with Crippen LogP contribution in [0.4, 0.5) is 5.69 Å². The van der Waals surface area contributed by atoms with Gasteiger partial charge in [0.05, 0.1) is 11.1 Å². The highest BCUT2D eigenvalue weighted by molar-refractivity contribution is 6.25. The number of imide groups is 2. The van der Waals surface area contributed by atoms with Crippen LogP contribution >= 0.6 is 0 Å². The van der Waals surface area contributed by atoms with Gasteiger partial charge in [-0.3, -0.25) is 29.4 Å². The van der Waals surface area contributed by atoms with Gasteiger partial charge in [0.15, 0.2) is 0 Å². The van der Waals surface area contributed by atoms with E-state index in [9.17, 15) is 19.2 Å². The van der Waals surface area contributed by atoms with Crippen molar-refractivity contribution in [2.45, 2.75) is 50.6 Å². The second kappa shape index (κ2) is 9.15. The first-order valence-corrected chi connectivity index (χ1v) is 11.0. The lowest BCUT2D eigenvalue weighted by molar-refractivity contribution is -0.136. The molecule has 4 amide bonds. The number of rotatable bonds is 7. The summed E-state index contributed by atoms with van der Waals surface area (Å²) in [5.74, 6) is -1.95. The molecule has 4 N–H and O–H groups in total. The zero-order valence-corrected chi connectivity index (χ0v) is 17.6. The van der Waals surface area contributed by atoms with E-state index in [0.29, 0.717) is 29.4 Å². The Morgan fingerprint density at radius 3 is 2.55 bits per heavy atom. The van der Waals surface area contributed by atoms with Gasteiger partial charge in [0, 0.05) is 24.7 Å². The van der Waals surface area contributed by atoms with Crippen molar-refractivity contribution in [2.75, 3.05) is 31.5 Å². The van der Waals surface area contributed by atoms with Crippen molar-refractivity contribution >= 4 is 29.3 Å². The minimum Gasteiger partial charge on any atom is -0.384 e. The molecule has 2 fully saturated rings. The van der Waals surface area contributed by atoms with Crippen LogP contribution < -0.4 is 16.4 Å². The number of carbonyl (C=O) groups is 4. The average molecular weight is 428 g/mol. The van der Waals surface area contributed by atoms with Gasteiger partial charge in [-0.2, -0.15) is 0 Å². The number of nitrogens with two attached hydrogens (primary N) is 1. The van der Waals surface area contributed by atoms with Crippen LogP contribution in [0.1, 0.15) is 59.2 Å². The van der Waals surface area contributed by atoms with Gasteiger partial charge in [-0.1, -0.05) is 6.07 Å². The van der Waals surface area contributed by atoms with Crippen LogP contribution in [0.25, 0.3) is 0 Å². The lowest BCUT2D eigenvalue weighted by Crippen LogP contribution is -2.54. The fourth-order valence-electron chi connectivity index (χ4n) is 4.52. The van der Waals surface area contributed by atoms with E-state index < -0.39 is 23.8 Å². The number of carbonyl (C=O) groups excluding carboxylic acids is 4. The predicted octanol–water partition coefficient (Wildman–Crippen LogP) is 0.703. The van der Waals surface area contributed by atoms with Crippen molar-refractivity contribution in [1.29, 1.82) is 0 Å². The van der Waals surface area contributed by atoms with Gasteiger partial charge >= 0.3 is 0 Å². The number of unbranched alkanes of at least 4 members (excludes halogenated alkanes) is 1. The molecule has 31 heavy (non-hydrogen) atoms. The summed E-state index contributed by atoms with van der Waals surface area (Å²) in [7, 11) is 0. The Morgan fingerprint density at radius 1 is 1.03 bits per heavy atom. The van der Waals surface area contributed by atoms with Crippen molar-refractivity contribution in [3.8, 4) is 0 Å². The van der Waals surface area contributed by atoms with Crippen LogP contribution in [-0.2, 0) is 9.59 Å². The Labute approximate surface area is 181 Å². The zero-order valence-electron chi connectivity index (χ0n) is 17.6. The average Bonchev–Trinajstić information content (AvgIpc) is 3.00. The predicted molar refractivity (Wildman–Crippen MR) is 114 cm³/mol. The normalized spacial score (nSPS) is 22.6. The summed E-state index contributed by atoms with van der Waals surface area (Å²) in [6.45, 7) is 3.81. The van der Waals surface area contributed by atoms with Crippen molar-refractivity contribution in [1.82, 2.24) is 15.1 Å². The summed E-state index contributed by atoms with van der Waals surface area (Å²) in [6.07, 6.45) is 4.33. The molecule has 9 nitrogen and oxygen atoms in total. The zero-order chi connectivity index (χ0) is 22.0. The van der Waals surface area contributed by atoms with Gasteiger partial charge in [-0.25, -0.2) is 0 Å². The van der Waals surface area contributed by atoms with Crippen molar-refractivity contribution < 1.29 is 19.2 Å². The highest BCUT2D eigenvalue weighted by Crippen LogP contribution is 2.32. The third-order valence-electron chi connectivity index (χ3n) is 6.32. The Bertz CT molecular complexity index is 894. The molecule has 2 saturated heterocycles. The lowest BCUT2D eigenvalue weighted by atomic mass is 10.0. The molecular weight excluding hydrogens is 398 g/mol. The van der Waals surface area contributed by atoms with Crippen LogP contribution in [0.5, 0.6) is 0 Å². The monoisotopic (exact) mass is 427 g/mol. The molecule has 3 aliphatic rings. The summed E-state index contributed by atoms with van der Waals surface area (Å²) in [5.41, 5.74) is 7.16. The fraction of sp³-hybridized carbons (Fsp3) is 0.545. The van der Waals surface area contributed by atoms with E-state index in [0.717, 1.165) is 50.2 Å². The van der Waals surface area contributed by atoms with E-state index in [2.05, 4.69) is 15.5 Å². The number of anilines is 1. The van der Waals surface area contributed by atoms with Gasteiger partial charge in [-0.05, 0) is 63.9 Å². The van der Waals surface area contributed by atoms with Crippen molar-refractivity contribution in [2.24, 2.45) is 5.73 Å². The van der Waals surface area contributed by atoms with Crippen molar-refractivity contribution in [3.63, 3.8) is 0 Å². The lowest BCUT2D eigenvalue weighted by Gasteiger charge is -2.29. The smallest absolute Gasteiger partial charge is 0.264 e. The molecule has 0 saturated carbocycles. The van der Waals surface area contributed by atoms with Crippen LogP contribution in [0.15, 0.2) is 18.2 Å². The molecule has 166 valence electrons. The number of nitrogens with one attached hydrogen (secondary N) is 2. The highest BCUT2D eigenvalue weighted by Gasteiger charge is 2.45. The molecule has 1 aromatic carbocycles. The van der Waals surface area contributed by atoms with E-state index in [1.807, 2.05) is 0 Å². The van der Waals surface area contributed by atoms with Gasteiger partial charge in [0.25, 0.3) is 11.8 Å². The molecule has 0 radical (unpaired) electrons. The maximum Gasteiger partial charge on any atom is 0.264 e. The summed E-state index contributed by atoms with van der Waals surface area (Å²) >= 11 is 0. The summed E-state index contributed by atoms with van der Waals surface area (Å²) in [4.78, 5) is 53.0. The second-order valence-electron chi connectivity index (χ2n) is 8.49. The third-order valence-corrected chi connectivity index (χ3v) is 6.32. The maximum atomic E-state index is 13.1. The molecular formula is C22H29N5O4. The topological polar surface area (TPSA) is 125 Å². The number of likely N-dealkylation sites (tertiary alicyclic amines) is 1. The van der Waals surface area contributed by atoms with Crippen LogP contribution in [0, 0.1) is 0 Å². The number of benzene rings is 1. The molecule has 4 rings (SSSR count). The maximum absolute atomic E-state index is 13.1. The minimum atomic E-state index is -0.949. The molecule has 3 aliphatic heterocycles. The molecule has 0 bridgehead atoms. The minimum absolute atomic E-state index is 0.109. The Balaban J connectivity index is 1.35. The number of amides is 4. The SMILES string of the molecule is NC1CCN(CCCCNc2cccc3c2C(=O)N(C2CCC(=O)NC2=O)C3=O)CC1. The van der Waals surface area contributed by atoms with Gasteiger partial charge in [0.2, 0.25) is 11.8 Å². The van der Waals surface area contributed by atoms with Crippen molar-refractivity contribution in [3.05, 3.63) is 29.3 Å². The molecule has 0 aromatic heterocycles. The molecule has 3 heterocycles. The second-order valence-corrected chi connectivity index (χ2v) is 8.49. The fourth-order valence-corrected chi connectivity index (χ4v) is 4.52. The highest BCUT2D eigenvalue weighted by atomic mass is 16.2. The Hall–Kier alpha value is -2.78. The van der Waals surface area contributed by atoms with E-state index in [-0.39, 0.29) is 18.7 Å². The van der Waals surface area contributed by atoms with Gasteiger partial charge in [-0.15, -0.1) is 0 Å². The third kappa shape index (κ3) is 4.47. The standard InChI is InChI=1S/C22H29N5O4/c23-14-8-12-26(13-9-14)11-2-1-10-24-16-5-3-4-15-19(16)22(31)27(21(15)30)17-6-7-18(28)25-20(17)29/h3-5,14,17,24H,1-2,6-13,23H2,(H,25,28,29). The first-order chi connectivity index (χ1) is 15.0. The molecule has 1 unspecified atom stereocenters. The first-order valence-electron chi connectivity index (χ1n) is 11.0. The van der Waals surface area contributed by atoms with E-state index in [1.54, 1.807) is 18.2 Å². The number of fused-ring (bicyclic) bond motifs is 1. The quantitative estimate of drug-likeness (QED) is 0.432. The number of hydrogen-bond donors (Lipinski definition) is 3. The molecule has 0 spiro atoms. The molecule has 9 heteroatoms. The summed E-state index contributed by atoms with van der Waals surface area (Å²) in [6, 6.07) is 4.50. The van der Waals surface area contributed by atoms with E-state index in [1.165, 1.54) is 0 Å². The first kappa shape index (κ1) is 21.5. The van der Waals surface area contributed by atoms with Gasteiger partial charge < -0.3 is 16.0 Å². The molecule has 1 atom stereocenters. The number of piperidine rings is 2.